The minimum atomic E-state index is -0.123. The average Bonchev–Trinajstić information content (AvgIpc) is 3.85. The predicted octanol–water partition coefficient (Wildman–Crippen LogP) is 17.5. The Morgan fingerprint density at radius 2 is 0.829 bits per heavy atom. The Balaban J connectivity index is 1.12. The summed E-state index contributed by atoms with van der Waals surface area (Å²) in [5, 5.41) is 0. The van der Waals surface area contributed by atoms with E-state index in [0.717, 1.165) is 19.3 Å². The van der Waals surface area contributed by atoms with Crippen LogP contribution in [0.5, 0.6) is 0 Å². The summed E-state index contributed by atoms with van der Waals surface area (Å²) in [4.78, 5) is 8.23. The first-order chi connectivity index (χ1) is 36.4. The van der Waals surface area contributed by atoms with E-state index in [1.807, 2.05) is 0 Å². The van der Waals surface area contributed by atoms with E-state index in [0.29, 0.717) is 0 Å². The Bertz CT molecular complexity index is 3660. The van der Waals surface area contributed by atoms with Crippen LogP contribution in [0.4, 0.5) is 45.5 Å². The second-order valence-electron chi connectivity index (χ2n) is 26.9. The molecule has 8 aromatic rings. The molecule has 8 aromatic carbocycles. The molecule has 0 aromatic heterocycles. The molecule has 3 heterocycles. The zero-order valence-corrected chi connectivity index (χ0v) is 46.7. The molecule has 3 aliphatic carbocycles. The maximum atomic E-state index is 2.82. The molecule has 0 amide bonds. The van der Waals surface area contributed by atoms with Gasteiger partial charge in [-0.2, -0.15) is 0 Å². The van der Waals surface area contributed by atoms with Crippen molar-refractivity contribution in [3.63, 3.8) is 0 Å². The van der Waals surface area contributed by atoms with Gasteiger partial charge in [-0.1, -0.05) is 190 Å². The summed E-state index contributed by atoms with van der Waals surface area (Å²) < 4.78 is 0. The Morgan fingerprint density at radius 3 is 1.49 bits per heavy atom. The molecule has 380 valence electrons. The van der Waals surface area contributed by atoms with Crippen LogP contribution in [0.15, 0.2) is 170 Å². The van der Waals surface area contributed by atoms with Gasteiger partial charge in [-0.25, -0.2) is 0 Å². The van der Waals surface area contributed by atoms with Crippen LogP contribution in [0.2, 0.25) is 0 Å². The van der Waals surface area contributed by atoms with E-state index in [1.54, 1.807) is 0 Å². The molecule has 6 aliphatic rings. The van der Waals surface area contributed by atoms with E-state index in [2.05, 4.69) is 254 Å². The van der Waals surface area contributed by atoms with Gasteiger partial charge >= 0.3 is 0 Å². The third kappa shape index (κ3) is 6.80. The van der Waals surface area contributed by atoms with Crippen molar-refractivity contribution in [3.05, 3.63) is 198 Å². The van der Waals surface area contributed by atoms with E-state index in [1.165, 1.54) is 144 Å². The van der Waals surface area contributed by atoms with Gasteiger partial charge in [0.15, 0.2) is 0 Å². The van der Waals surface area contributed by atoms with Gasteiger partial charge < -0.3 is 14.7 Å². The van der Waals surface area contributed by atoms with E-state index in [9.17, 15) is 0 Å². The van der Waals surface area contributed by atoms with Gasteiger partial charge in [0.2, 0.25) is 0 Å². The highest BCUT2D eigenvalue weighted by Crippen LogP contribution is 2.62. The van der Waals surface area contributed by atoms with Crippen molar-refractivity contribution in [1.82, 2.24) is 0 Å². The van der Waals surface area contributed by atoms with Crippen molar-refractivity contribution in [2.24, 2.45) is 0 Å². The number of hydrogen-bond donors (Lipinski definition) is 0. The van der Waals surface area contributed by atoms with Gasteiger partial charge in [-0.15, -0.1) is 0 Å². The first kappa shape index (κ1) is 47.7. The Labute approximate surface area is 454 Å². The maximum Gasteiger partial charge on any atom is 0.252 e. The minimum absolute atomic E-state index is 0.00548. The molecule has 3 aliphatic heterocycles. The molecule has 0 N–H and O–H groups in total. The summed E-state index contributed by atoms with van der Waals surface area (Å²) in [6.45, 7) is 25.1. The minimum Gasteiger partial charge on any atom is -0.334 e. The summed E-state index contributed by atoms with van der Waals surface area (Å²) >= 11 is 0. The third-order valence-electron chi connectivity index (χ3n) is 20.7. The smallest absolute Gasteiger partial charge is 0.252 e. The van der Waals surface area contributed by atoms with Crippen molar-refractivity contribution < 1.29 is 0 Å². The monoisotopic (exact) mass is 992 g/mol. The van der Waals surface area contributed by atoms with E-state index in [-0.39, 0.29) is 39.3 Å². The maximum absolute atomic E-state index is 2.82. The van der Waals surface area contributed by atoms with Crippen LogP contribution in [-0.4, -0.2) is 12.3 Å². The SMILES string of the molecule is CC1(C)CCC(C)(C)c2cc(N3c4cc5c(cc4B4c6cc(-c7ccccc7)ccc6N(c6ccc(-c7ccccc7)cc6)c6cc(N7c8ccccc8C8(C)CCCCC78C)cc3c64)C(C)(C)CCC5(C)C)ccc21. The van der Waals surface area contributed by atoms with Crippen molar-refractivity contribution in [2.45, 2.75) is 153 Å². The zero-order valence-electron chi connectivity index (χ0n) is 46.7. The molecular weight excluding hydrogens is 918 g/mol. The number of para-hydroxylation sites is 1. The van der Waals surface area contributed by atoms with Crippen LogP contribution in [0.3, 0.4) is 0 Å². The van der Waals surface area contributed by atoms with Gasteiger partial charge in [0, 0.05) is 50.9 Å². The fourth-order valence-electron chi connectivity index (χ4n) is 15.8. The largest absolute Gasteiger partial charge is 0.334 e. The number of anilines is 8. The highest BCUT2D eigenvalue weighted by molar-refractivity contribution is 7.00. The van der Waals surface area contributed by atoms with Crippen molar-refractivity contribution in [1.29, 1.82) is 0 Å². The quantitative estimate of drug-likeness (QED) is 0.159. The lowest BCUT2D eigenvalue weighted by molar-refractivity contribution is 0.195. The van der Waals surface area contributed by atoms with Crippen molar-refractivity contribution >= 4 is 68.6 Å². The highest BCUT2D eigenvalue weighted by Gasteiger charge is 2.58. The Hall–Kier alpha value is -6.78. The summed E-state index contributed by atoms with van der Waals surface area (Å²) in [5.74, 6) is 0. The molecule has 0 spiro atoms. The van der Waals surface area contributed by atoms with E-state index < -0.39 is 0 Å². The summed E-state index contributed by atoms with van der Waals surface area (Å²) in [6, 6.07) is 66.5. The number of rotatable bonds is 5. The normalized spacial score (nSPS) is 22.6. The standard InChI is InChI=1S/C72H74BN3/c1-67(2)37-38-68(3,4)56-42-52(32-33-54(56)67)75-63-46-58-57(69(5,6)39-40-70(58,7)8)45-60(63)73-59-41-50(48-23-15-12-16-24-48)29-34-62(59)74(51-30-27-49(28-31-51)47-21-13-11-14-22-47)64-43-53(44-65(75)66(64)73)76-61-26-18-17-25-55(61)71(9)35-19-20-36-72(71,76)10/h11-18,21-34,41-46H,19-20,35-40H2,1-10H3. The summed E-state index contributed by atoms with van der Waals surface area (Å²) in [6.07, 6.45) is 9.50. The van der Waals surface area contributed by atoms with Crippen molar-refractivity contribution in [3.8, 4) is 22.3 Å². The average molecular weight is 992 g/mol. The first-order valence-electron chi connectivity index (χ1n) is 28.8. The summed E-state index contributed by atoms with van der Waals surface area (Å²) in [5.41, 5.74) is 26.9. The van der Waals surface area contributed by atoms with E-state index in [4.69, 9.17) is 0 Å². The Morgan fingerprint density at radius 1 is 0.329 bits per heavy atom. The number of nitrogens with zero attached hydrogens (tertiary/aromatic N) is 3. The van der Waals surface area contributed by atoms with Crippen molar-refractivity contribution in [2.75, 3.05) is 14.7 Å². The van der Waals surface area contributed by atoms with Gasteiger partial charge in [0.1, 0.15) is 0 Å². The number of hydrogen-bond acceptors (Lipinski definition) is 3. The molecule has 0 saturated heterocycles. The summed E-state index contributed by atoms with van der Waals surface area (Å²) in [7, 11) is 0. The van der Waals surface area contributed by atoms with Crippen LogP contribution in [0.25, 0.3) is 22.3 Å². The van der Waals surface area contributed by atoms with Crippen LogP contribution in [-0.2, 0) is 27.1 Å². The number of fused-ring (bicyclic) bond motifs is 9. The van der Waals surface area contributed by atoms with Gasteiger partial charge in [0.05, 0.1) is 5.54 Å². The molecule has 4 heteroatoms. The second-order valence-corrected chi connectivity index (χ2v) is 26.9. The molecule has 14 rings (SSSR count). The van der Waals surface area contributed by atoms with Crippen LogP contribution < -0.4 is 31.1 Å². The first-order valence-corrected chi connectivity index (χ1v) is 28.8. The Kier molecular flexibility index (Phi) is 10.3. The van der Waals surface area contributed by atoms with Gasteiger partial charge in [0.25, 0.3) is 6.71 Å². The van der Waals surface area contributed by atoms with E-state index >= 15 is 0 Å². The highest BCUT2D eigenvalue weighted by atomic mass is 15.3. The second kappa shape index (κ2) is 16.4. The zero-order chi connectivity index (χ0) is 52.3. The number of benzene rings is 8. The molecule has 3 nitrogen and oxygen atoms in total. The van der Waals surface area contributed by atoms with Gasteiger partial charge in [-0.3, -0.25) is 0 Å². The molecule has 76 heavy (non-hydrogen) atoms. The third-order valence-corrected chi connectivity index (χ3v) is 20.7. The topological polar surface area (TPSA) is 9.72 Å². The predicted molar refractivity (Wildman–Crippen MR) is 325 cm³/mol. The molecule has 2 atom stereocenters. The molecular formula is C72H74BN3. The van der Waals surface area contributed by atoms with Crippen LogP contribution in [0.1, 0.15) is 148 Å². The fourth-order valence-corrected chi connectivity index (χ4v) is 15.8. The lowest BCUT2D eigenvalue weighted by atomic mass is 9.33. The molecule has 2 unspecified atom stereocenters. The van der Waals surface area contributed by atoms with Crippen LogP contribution >= 0.6 is 0 Å². The molecule has 0 radical (unpaired) electrons. The van der Waals surface area contributed by atoms with Crippen LogP contribution in [0, 0.1) is 0 Å². The molecule has 0 bridgehead atoms. The van der Waals surface area contributed by atoms with Gasteiger partial charge in [-0.05, 0) is 188 Å². The fraction of sp³-hybridized carbons (Fsp3) is 0.333. The lowest BCUT2D eigenvalue weighted by Gasteiger charge is -2.51. The molecule has 1 fully saturated rings. The lowest BCUT2D eigenvalue weighted by Crippen LogP contribution is -2.62. The molecule has 1 saturated carbocycles.